The Hall–Kier alpha value is -2.01. The molecule has 0 aliphatic heterocycles. The molecule has 5 heteroatoms. The second kappa shape index (κ2) is 5.32. The van der Waals surface area contributed by atoms with E-state index in [0.717, 1.165) is 28.1 Å². The van der Waals surface area contributed by atoms with Crippen LogP contribution in [0.3, 0.4) is 0 Å². The number of hydrogen-bond acceptors (Lipinski definition) is 5. The van der Waals surface area contributed by atoms with Gasteiger partial charge in [-0.3, -0.25) is 0 Å². The van der Waals surface area contributed by atoms with Crippen LogP contribution in [0.5, 0.6) is 11.5 Å². The molecule has 0 spiro atoms. The summed E-state index contributed by atoms with van der Waals surface area (Å²) in [5, 5.41) is 3.97. The fourth-order valence-electron chi connectivity index (χ4n) is 2.07. The van der Waals surface area contributed by atoms with Crippen LogP contribution in [0.25, 0.3) is 11.3 Å². The van der Waals surface area contributed by atoms with Crippen LogP contribution in [0.15, 0.2) is 16.7 Å². The Morgan fingerprint density at radius 1 is 1.16 bits per heavy atom. The lowest BCUT2D eigenvalue weighted by Crippen LogP contribution is -2.00. The molecular weight excluding hydrogens is 244 g/mol. The number of rotatable bonds is 4. The van der Waals surface area contributed by atoms with Crippen LogP contribution in [-0.4, -0.2) is 19.4 Å². The predicted molar refractivity (Wildman–Crippen MR) is 72.4 cm³/mol. The van der Waals surface area contributed by atoms with E-state index in [0.29, 0.717) is 18.1 Å². The third-order valence-corrected chi connectivity index (χ3v) is 3.15. The molecule has 0 fully saturated rings. The largest absolute Gasteiger partial charge is 0.496 e. The summed E-state index contributed by atoms with van der Waals surface area (Å²) < 4.78 is 16.1. The molecule has 0 saturated carbocycles. The minimum atomic E-state index is 0.365. The summed E-state index contributed by atoms with van der Waals surface area (Å²) in [6, 6.07) is 3.79. The van der Waals surface area contributed by atoms with Crippen LogP contribution in [-0.2, 0) is 6.54 Å². The van der Waals surface area contributed by atoms with E-state index in [4.69, 9.17) is 19.7 Å². The van der Waals surface area contributed by atoms with Gasteiger partial charge in [-0.15, -0.1) is 0 Å². The summed E-state index contributed by atoms with van der Waals surface area (Å²) in [6.45, 7) is 4.19. The molecule has 2 N–H and O–H groups in total. The van der Waals surface area contributed by atoms with Crippen molar-refractivity contribution in [3.8, 4) is 22.8 Å². The summed E-state index contributed by atoms with van der Waals surface area (Å²) >= 11 is 0. The molecule has 0 bridgehead atoms. The normalized spacial score (nSPS) is 10.6. The first kappa shape index (κ1) is 13.4. The number of aryl methyl sites for hydroxylation is 2. The Balaban J connectivity index is 2.66. The number of hydrogen-bond donors (Lipinski definition) is 1. The predicted octanol–water partition coefficient (Wildman–Crippen LogP) is 2.43. The first-order chi connectivity index (χ1) is 9.12. The van der Waals surface area contributed by atoms with Crippen LogP contribution >= 0.6 is 0 Å². The molecule has 0 atom stereocenters. The summed E-state index contributed by atoms with van der Waals surface area (Å²) in [5.74, 6) is 2.12. The maximum absolute atomic E-state index is 5.75. The Kier molecular flexibility index (Phi) is 3.76. The molecular formula is C14H18N2O3. The minimum absolute atomic E-state index is 0.365. The van der Waals surface area contributed by atoms with E-state index in [9.17, 15) is 0 Å². The van der Waals surface area contributed by atoms with Crippen molar-refractivity contribution in [3.63, 3.8) is 0 Å². The molecule has 0 aliphatic rings. The average Bonchev–Trinajstić information content (AvgIpc) is 2.79. The molecule has 1 aromatic carbocycles. The molecule has 102 valence electrons. The second-order valence-corrected chi connectivity index (χ2v) is 4.30. The summed E-state index contributed by atoms with van der Waals surface area (Å²) in [7, 11) is 3.25. The number of benzene rings is 1. The molecule has 1 heterocycles. The third kappa shape index (κ3) is 2.29. The lowest BCUT2D eigenvalue weighted by molar-refractivity contribution is 0.395. The first-order valence-corrected chi connectivity index (χ1v) is 6.00. The molecule has 0 radical (unpaired) electrons. The van der Waals surface area contributed by atoms with Gasteiger partial charge in [0.2, 0.25) is 0 Å². The van der Waals surface area contributed by atoms with E-state index in [1.807, 2.05) is 26.0 Å². The SMILES string of the molecule is COc1cc(-c2onc(C)c2CN)c(OC)cc1C. The van der Waals surface area contributed by atoms with Crippen LogP contribution in [0, 0.1) is 13.8 Å². The number of aromatic nitrogens is 1. The lowest BCUT2D eigenvalue weighted by Gasteiger charge is -2.12. The smallest absolute Gasteiger partial charge is 0.175 e. The highest BCUT2D eigenvalue weighted by Crippen LogP contribution is 2.38. The molecule has 5 nitrogen and oxygen atoms in total. The van der Waals surface area contributed by atoms with Crippen molar-refractivity contribution in [1.29, 1.82) is 0 Å². The topological polar surface area (TPSA) is 70.5 Å². The van der Waals surface area contributed by atoms with Crippen LogP contribution in [0.2, 0.25) is 0 Å². The number of ether oxygens (including phenoxy) is 2. The summed E-state index contributed by atoms with van der Waals surface area (Å²) in [4.78, 5) is 0. The van der Waals surface area contributed by atoms with Gasteiger partial charge in [0, 0.05) is 12.1 Å². The molecule has 0 saturated heterocycles. The van der Waals surface area contributed by atoms with E-state index in [2.05, 4.69) is 5.16 Å². The molecule has 0 amide bonds. The van der Waals surface area contributed by atoms with Gasteiger partial charge in [-0.2, -0.15) is 0 Å². The zero-order valence-corrected chi connectivity index (χ0v) is 11.6. The fourth-order valence-corrected chi connectivity index (χ4v) is 2.07. The zero-order valence-electron chi connectivity index (χ0n) is 11.6. The highest BCUT2D eigenvalue weighted by atomic mass is 16.5. The highest BCUT2D eigenvalue weighted by Gasteiger charge is 2.19. The zero-order chi connectivity index (χ0) is 14.0. The van der Waals surface area contributed by atoms with Gasteiger partial charge in [-0.05, 0) is 31.5 Å². The van der Waals surface area contributed by atoms with Crippen LogP contribution in [0.1, 0.15) is 16.8 Å². The van der Waals surface area contributed by atoms with E-state index >= 15 is 0 Å². The molecule has 19 heavy (non-hydrogen) atoms. The van der Waals surface area contributed by atoms with E-state index < -0.39 is 0 Å². The standard InChI is InChI=1S/C14H18N2O3/c1-8-5-13(18-4)10(6-12(8)17-3)14-11(7-15)9(2)16-19-14/h5-6H,7,15H2,1-4H3. The van der Waals surface area contributed by atoms with E-state index in [1.165, 1.54) is 0 Å². The van der Waals surface area contributed by atoms with Gasteiger partial charge < -0.3 is 19.7 Å². The van der Waals surface area contributed by atoms with E-state index in [1.54, 1.807) is 14.2 Å². The van der Waals surface area contributed by atoms with E-state index in [-0.39, 0.29) is 0 Å². The van der Waals surface area contributed by atoms with Gasteiger partial charge in [0.25, 0.3) is 0 Å². The van der Waals surface area contributed by atoms with Crippen molar-refractivity contribution < 1.29 is 14.0 Å². The summed E-state index contributed by atoms with van der Waals surface area (Å²) in [6.07, 6.45) is 0. The molecule has 0 unspecified atom stereocenters. The fraction of sp³-hybridized carbons (Fsp3) is 0.357. The molecule has 0 aliphatic carbocycles. The molecule has 2 rings (SSSR count). The van der Waals surface area contributed by atoms with Crippen molar-refractivity contribution >= 4 is 0 Å². The maximum atomic E-state index is 5.75. The molecule has 1 aromatic heterocycles. The van der Waals surface area contributed by atoms with Crippen molar-refractivity contribution in [1.82, 2.24) is 5.16 Å². The Morgan fingerprint density at radius 3 is 2.42 bits per heavy atom. The van der Waals surface area contributed by atoms with Gasteiger partial charge in [0.15, 0.2) is 5.76 Å². The maximum Gasteiger partial charge on any atom is 0.175 e. The van der Waals surface area contributed by atoms with Crippen LogP contribution < -0.4 is 15.2 Å². The van der Waals surface area contributed by atoms with Gasteiger partial charge in [-0.1, -0.05) is 5.16 Å². The number of nitrogens with zero attached hydrogens (tertiary/aromatic N) is 1. The van der Waals surface area contributed by atoms with Gasteiger partial charge in [0.1, 0.15) is 11.5 Å². The van der Waals surface area contributed by atoms with Crippen molar-refractivity contribution in [2.45, 2.75) is 20.4 Å². The lowest BCUT2D eigenvalue weighted by atomic mass is 10.0. The number of nitrogens with two attached hydrogens (primary N) is 1. The molecule has 2 aromatic rings. The average molecular weight is 262 g/mol. The highest BCUT2D eigenvalue weighted by molar-refractivity contribution is 5.72. The van der Waals surface area contributed by atoms with Gasteiger partial charge in [0.05, 0.1) is 25.5 Å². The third-order valence-electron chi connectivity index (χ3n) is 3.15. The summed E-state index contributed by atoms with van der Waals surface area (Å²) in [5.41, 5.74) is 9.21. The van der Waals surface area contributed by atoms with Crippen molar-refractivity contribution in [3.05, 3.63) is 29.0 Å². The Labute approximate surface area is 112 Å². The number of methoxy groups -OCH3 is 2. The second-order valence-electron chi connectivity index (χ2n) is 4.30. The monoisotopic (exact) mass is 262 g/mol. The van der Waals surface area contributed by atoms with Crippen molar-refractivity contribution in [2.24, 2.45) is 5.73 Å². The quantitative estimate of drug-likeness (QED) is 0.916. The minimum Gasteiger partial charge on any atom is -0.496 e. The van der Waals surface area contributed by atoms with Gasteiger partial charge >= 0.3 is 0 Å². The Bertz CT molecular complexity index is 591. The first-order valence-electron chi connectivity index (χ1n) is 6.00. The Morgan fingerprint density at radius 2 is 1.84 bits per heavy atom. The van der Waals surface area contributed by atoms with Crippen molar-refractivity contribution in [2.75, 3.05) is 14.2 Å². The van der Waals surface area contributed by atoms with Crippen LogP contribution in [0.4, 0.5) is 0 Å². The van der Waals surface area contributed by atoms with Gasteiger partial charge in [-0.25, -0.2) is 0 Å².